The first-order chi connectivity index (χ1) is 8.90. The van der Waals surface area contributed by atoms with Crippen LogP contribution < -0.4 is 4.72 Å². The van der Waals surface area contributed by atoms with E-state index in [1.165, 1.54) is 0 Å². The number of hydrogen-bond donors (Lipinski definition) is 2. The Morgan fingerprint density at radius 3 is 2.53 bits per heavy atom. The molecule has 4 nitrogen and oxygen atoms in total. The highest BCUT2D eigenvalue weighted by Crippen LogP contribution is 2.22. The molecule has 1 aliphatic carbocycles. The average Bonchev–Trinajstić information content (AvgIpc) is 2.31. The summed E-state index contributed by atoms with van der Waals surface area (Å²) >= 11 is 0. The van der Waals surface area contributed by atoms with E-state index in [4.69, 9.17) is 0 Å². The van der Waals surface area contributed by atoms with E-state index in [9.17, 15) is 22.3 Å². The average molecular weight is 291 g/mol. The Bertz CT molecular complexity index is 562. The van der Waals surface area contributed by atoms with Crippen LogP contribution in [0.15, 0.2) is 23.1 Å². The van der Waals surface area contributed by atoms with E-state index in [0.29, 0.717) is 18.9 Å². The third-order valence-electron chi connectivity index (χ3n) is 3.22. The molecule has 0 saturated heterocycles. The van der Waals surface area contributed by atoms with Gasteiger partial charge in [-0.3, -0.25) is 0 Å². The molecule has 0 aliphatic heterocycles. The molecule has 1 saturated carbocycles. The maximum Gasteiger partial charge on any atom is 0.243 e. The van der Waals surface area contributed by atoms with Crippen LogP contribution in [0.5, 0.6) is 0 Å². The van der Waals surface area contributed by atoms with Crippen molar-refractivity contribution in [1.82, 2.24) is 4.72 Å². The number of sulfonamides is 1. The lowest BCUT2D eigenvalue weighted by Gasteiger charge is -2.28. The molecule has 7 heteroatoms. The zero-order valence-corrected chi connectivity index (χ0v) is 11.0. The molecule has 0 aromatic heterocycles. The summed E-state index contributed by atoms with van der Waals surface area (Å²) in [5, 5.41) is 9.71. The molecule has 2 atom stereocenters. The van der Waals surface area contributed by atoms with Crippen LogP contribution in [-0.2, 0) is 10.0 Å². The normalized spacial score (nSPS) is 24.4. The van der Waals surface area contributed by atoms with Gasteiger partial charge in [-0.2, -0.15) is 0 Å². The number of benzene rings is 1. The zero-order valence-electron chi connectivity index (χ0n) is 10.1. The van der Waals surface area contributed by atoms with E-state index in [-0.39, 0.29) is 0 Å². The molecule has 1 fully saturated rings. The Kier molecular flexibility index (Phi) is 4.17. The van der Waals surface area contributed by atoms with Gasteiger partial charge in [-0.05, 0) is 25.0 Å². The Labute approximate surface area is 110 Å². The van der Waals surface area contributed by atoms with Crippen LogP contribution in [0.3, 0.4) is 0 Å². The Morgan fingerprint density at radius 1 is 1.21 bits per heavy atom. The van der Waals surface area contributed by atoms with Crippen LogP contribution in [0.25, 0.3) is 0 Å². The molecule has 0 heterocycles. The van der Waals surface area contributed by atoms with Gasteiger partial charge in [-0.1, -0.05) is 12.8 Å². The Morgan fingerprint density at radius 2 is 1.89 bits per heavy atom. The first-order valence-corrected chi connectivity index (χ1v) is 7.54. The lowest BCUT2D eigenvalue weighted by atomic mass is 9.93. The van der Waals surface area contributed by atoms with Crippen molar-refractivity contribution in [3.8, 4) is 0 Å². The summed E-state index contributed by atoms with van der Waals surface area (Å²) in [4.78, 5) is -0.605. The van der Waals surface area contributed by atoms with E-state index in [0.717, 1.165) is 25.0 Å². The lowest BCUT2D eigenvalue weighted by molar-refractivity contribution is 0.101. The quantitative estimate of drug-likeness (QED) is 0.888. The third-order valence-corrected chi connectivity index (χ3v) is 4.74. The van der Waals surface area contributed by atoms with Crippen molar-refractivity contribution in [2.45, 2.75) is 42.7 Å². The monoisotopic (exact) mass is 291 g/mol. The summed E-state index contributed by atoms with van der Waals surface area (Å²) < 4.78 is 52.5. The van der Waals surface area contributed by atoms with Gasteiger partial charge < -0.3 is 5.11 Å². The number of nitrogens with one attached hydrogen (secondary N) is 1. The van der Waals surface area contributed by atoms with Crippen LogP contribution in [0.4, 0.5) is 8.78 Å². The van der Waals surface area contributed by atoms with Crippen molar-refractivity contribution < 1.29 is 22.3 Å². The summed E-state index contributed by atoms with van der Waals surface area (Å²) in [7, 11) is -4.09. The van der Waals surface area contributed by atoms with Crippen molar-refractivity contribution in [3.05, 3.63) is 29.8 Å². The number of rotatable bonds is 3. The number of aliphatic hydroxyl groups excluding tert-OH is 1. The standard InChI is InChI=1S/C12H15F2NO3S/c13-8-5-6-12(9(14)7-8)19(17,18)15-10-3-1-2-4-11(10)16/h5-7,10-11,15-16H,1-4H2/t10-,11-/m1/s1. The topological polar surface area (TPSA) is 66.4 Å². The van der Waals surface area contributed by atoms with Gasteiger partial charge in [0.15, 0.2) is 0 Å². The second kappa shape index (κ2) is 5.52. The van der Waals surface area contributed by atoms with Crippen LogP contribution in [-0.4, -0.2) is 25.7 Å². The van der Waals surface area contributed by atoms with Crippen molar-refractivity contribution in [2.75, 3.05) is 0 Å². The first-order valence-electron chi connectivity index (χ1n) is 6.05. The minimum atomic E-state index is -4.09. The van der Waals surface area contributed by atoms with E-state index in [2.05, 4.69) is 4.72 Å². The summed E-state index contributed by atoms with van der Waals surface area (Å²) in [6, 6.07) is 1.66. The molecule has 0 unspecified atom stereocenters. The molecule has 2 N–H and O–H groups in total. The smallest absolute Gasteiger partial charge is 0.243 e. The van der Waals surface area contributed by atoms with Gasteiger partial charge >= 0.3 is 0 Å². The highest BCUT2D eigenvalue weighted by molar-refractivity contribution is 7.89. The molecule has 19 heavy (non-hydrogen) atoms. The first kappa shape index (κ1) is 14.4. The van der Waals surface area contributed by atoms with Gasteiger partial charge in [-0.15, -0.1) is 0 Å². The Hall–Kier alpha value is -1.05. The molecule has 1 aromatic carbocycles. The number of aliphatic hydroxyl groups is 1. The summed E-state index contributed by atoms with van der Waals surface area (Å²) in [5.41, 5.74) is 0. The third kappa shape index (κ3) is 3.29. The van der Waals surface area contributed by atoms with Crippen molar-refractivity contribution >= 4 is 10.0 Å². The second-order valence-corrected chi connectivity index (χ2v) is 6.34. The number of hydrogen-bond acceptors (Lipinski definition) is 3. The van der Waals surface area contributed by atoms with Crippen LogP contribution >= 0.6 is 0 Å². The molecule has 0 amide bonds. The van der Waals surface area contributed by atoms with Crippen LogP contribution in [0.2, 0.25) is 0 Å². The van der Waals surface area contributed by atoms with Crippen LogP contribution in [0.1, 0.15) is 25.7 Å². The minimum absolute atomic E-state index is 0.503. The van der Waals surface area contributed by atoms with Crippen molar-refractivity contribution in [2.24, 2.45) is 0 Å². The summed E-state index contributed by atoms with van der Waals surface area (Å²) in [6.45, 7) is 0. The SMILES string of the molecule is O=S(=O)(N[C@@H]1CCCC[C@H]1O)c1ccc(F)cc1F. The Balaban J connectivity index is 2.22. The molecule has 0 spiro atoms. The largest absolute Gasteiger partial charge is 0.391 e. The molecule has 2 rings (SSSR count). The summed E-state index contributed by atoms with van der Waals surface area (Å²) in [6.07, 6.45) is 1.88. The predicted molar refractivity (Wildman–Crippen MR) is 64.9 cm³/mol. The molecule has 1 aliphatic rings. The van der Waals surface area contributed by atoms with Crippen molar-refractivity contribution in [1.29, 1.82) is 0 Å². The van der Waals surface area contributed by atoms with E-state index >= 15 is 0 Å². The highest BCUT2D eigenvalue weighted by atomic mass is 32.2. The van der Waals surface area contributed by atoms with Gasteiger partial charge in [0.1, 0.15) is 16.5 Å². The minimum Gasteiger partial charge on any atom is -0.391 e. The molecule has 106 valence electrons. The molecule has 1 aromatic rings. The maximum atomic E-state index is 13.5. The van der Waals surface area contributed by atoms with Gasteiger partial charge in [-0.25, -0.2) is 21.9 Å². The molecular formula is C12H15F2NO3S. The van der Waals surface area contributed by atoms with Gasteiger partial charge in [0, 0.05) is 12.1 Å². The fourth-order valence-electron chi connectivity index (χ4n) is 2.20. The fourth-order valence-corrected chi connectivity index (χ4v) is 3.57. The zero-order chi connectivity index (χ0) is 14.0. The molecular weight excluding hydrogens is 276 g/mol. The second-order valence-electron chi connectivity index (χ2n) is 4.65. The van der Waals surface area contributed by atoms with Gasteiger partial charge in [0.05, 0.1) is 6.10 Å². The molecule has 0 bridgehead atoms. The van der Waals surface area contributed by atoms with E-state index in [1.807, 2.05) is 0 Å². The number of halogens is 2. The predicted octanol–water partition coefficient (Wildman–Crippen LogP) is 1.55. The fraction of sp³-hybridized carbons (Fsp3) is 0.500. The van der Waals surface area contributed by atoms with Gasteiger partial charge in [0.2, 0.25) is 10.0 Å². The van der Waals surface area contributed by atoms with E-state index in [1.54, 1.807) is 0 Å². The maximum absolute atomic E-state index is 13.5. The van der Waals surface area contributed by atoms with Gasteiger partial charge in [0.25, 0.3) is 0 Å². The highest BCUT2D eigenvalue weighted by Gasteiger charge is 2.29. The molecule has 0 radical (unpaired) electrons. The van der Waals surface area contributed by atoms with Crippen molar-refractivity contribution in [3.63, 3.8) is 0 Å². The lowest BCUT2D eigenvalue weighted by Crippen LogP contribution is -2.45. The van der Waals surface area contributed by atoms with E-state index < -0.39 is 38.7 Å². The van der Waals surface area contributed by atoms with Crippen LogP contribution in [0, 0.1) is 11.6 Å². The summed E-state index contributed by atoms with van der Waals surface area (Å²) in [5.74, 6) is -1.98.